The molecule has 1 aromatic rings. The zero-order valence-corrected chi connectivity index (χ0v) is 24.7. The summed E-state index contributed by atoms with van der Waals surface area (Å²) in [5.41, 5.74) is 0.718. The van der Waals surface area contributed by atoms with Crippen molar-refractivity contribution in [3.05, 3.63) is 23.8 Å². The number of amides is 3. The standard InChI is InChI=1S/C30H44N4O8/c1-18(32-27(35)15-21-16-31-10-11-41-21)29(37)34-23(13-20-8-9-24(39-2)25(14-20)40-3)30(38)33-22(28(36)26-17-42-26)12-19-6-4-5-7-19/h8-9,14,18-19,21-23,26,31H,4-7,10-13,15-17H2,1-3H3,(H,32,35)(H,33,38)(H,34,37)/t18-,21?,22-,23-,26+/m0/s1. The third kappa shape index (κ3) is 9.14. The molecule has 0 spiro atoms. The van der Waals surface area contributed by atoms with Crippen LogP contribution in [0.1, 0.15) is 51.0 Å². The number of morpholine rings is 1. The highest BCUT2D eigenvalue weighted by Crippen LogP contribution is 2.30. The van der Waals surface area contributed by atoms with Gasteiger partial charge in [0, 0.05) is 19.5 Å². The van der Waals surface area contributed by atoms with Gasteiger partial charge in [-0.3, -0.25) is 19.2 Å². The Labute approximate surface area is 246 Å². The molecule has 3 aliphatic rings. The zero-order valence-electron chi connectivity index (χ0n) is 24.7. The Balaban J connectivity index is 1.45. The van der Waals surface area contributed by atoms with Crippen molar-refractivity contribution in [1.29, 1.82) is 0 Å². The molecular weight excluding hydrogens is 544 g/mol. The predicted molar refractivity (Wildman–Crippen MR) is 153 cm³/mol. The molecule has 12 heteroatoms. The summed E-state index contributed by atoms with van der Waals surface area (Å²) in [6, 6.07) is 2.65. The maximum Gasteiger partial charge on any atom is 0.243 e. The summed E-state index contributed by atoms with van der Waals surface area (Å²) in [7, 11) is 3.05. The van der Waals surface area contributed by atoms with E-state index in [1.165, 1.54) is 14.2 Å². The normalized spacial score (nSPS) is 22.4. The van der Waals surface area contributed by atoms with Crippen LogP contribution in [0, 0.1) is 5.92 Å². The van der Waals surface area contributed by atoms with Crippen LogP contribution in [-0.4, -0.2) is 94.4 Å². The Morgan fingerprint density at radius 2 is 1.69 bits per heavy atom. The number of ketones is 1. The number of carbonyl (C=O) groups excluding carboxylic acids is 4. The number of epoxide rings is 1. The van der Waals surface area contributed by atoms with Crippen LogP contribution >= 0.6 is 0 Å². The second-order valence-corrected chi connectivity index (χ2v) is 11.3. The minimum atomic E-state index is -1.01. The lowest BCUT2D eigenvalue weighted by Gasteiger charge is -2.26. The van der Waals surface area contributed by atoms with E-state index in [1.54, 1.807) is 25.1 Å². The van der Waals surface area contributed by atoms with Crippen molar-refractivity contribution in [3.63, 3.8) is 0 Å². The second-order valence-electron chi connectivity index (χ2n) is 11.3. The third-order valence-corrected chi connectivity index (χ3v) is 8.06. The van der Waals surface area contributed by atoms with Crippen LogP contribution in [0.25, 0.3) is 0 Å². The number of hydrogen-bond donors (Lipinski definition) is 4. The van der Waals surface area contributed by atoms with Gasteiger partial charge in [-0.2, -0.15) is 0 Å². The molecule has 0 aromatic heterocycles. The summed E-state index contributed by atoms with van der Waals surface area (Å²) in [5.74, 6) is -0.0702. The van der Waals surface area contributed by atoms with Crippen molar-refractivity contribution in [2.75, 3.05) is 40.5 Å². The fourth-order valence-electron chi connectivity index (χ4n) is 5.61. The minimum absolute atomic E-state index is 0.119. The van der Waals surface area contributed by atoms with E-state index in [9.17, 15) is 19.2 Å². The quantitative estimate of drug-likeness (QED) is 0.216. The molecule has 3 fully saturated rings. The van der Waals surface area contributed by atoms with Crippen molar-refractivity contribution in [2.24, 2.45) is 5.92 Å². The first-order valence-corrected chi connectivity index (χ1v) is 14.9. The Morgan fingerprint density at radius 1 is 0.976 bits per heavy atom. The maximum atomic E-state index is 13.7. The summed E-state index contributed by atoms with van der Waals surface area (Å²) in [6.45, 7) is 3.75. The first-order chi connectivity index (χ1) is 20.3. The predicted octanol–water partition coefficient (Wildman–Crippen LogP) is 0.647. The van der Waals surface area contributed by atoms with Crippen LogP contribution in [0.2, 0.25) is 0 Å². The molecule has 1 unspecified atom stereocenters. The monoisotopic (exact) mass is 588 g/mol. The van der Waals surface area contributed by atoms with E-state index >= 15 is 0 Å². The number of nitrogens with one attached hydrogen (secondary N) is 4. The van der Waals surface area contributed by atoms with Gasteiger partial charge in [0.1, 0.15) is 18.2 Å². The summed E-state index contributed by atoms with van der Waals surface area (Å²) in [6.07, 6.45) is 4.32. The number of rotatable bonds is 15. The Kier molecular flexibility index (Phi) is 11.6. The number of carbonyl (C=O) groups is 4. The topological polar surface area (TPSA) is 157 Å². The van der Waals surface area contributed by atoms with Gasteiger partial charge in [-0.05, 0) is 37.0 Å². The lowest BCUT2D eigenvalue weighted by atomic mass is 9.94. The summed E-state index contributed by atoms with van der Waals surface area (Å²) >= 11 is 0. The van der Waals surface area contributed by atoms with Gasteiger partial charge in [-0.1, -0.05) is 31.7 Å². The summed E-state index contributed by atoms with van der Waals surface area (Å²) in [4.78, 5) is 52.6. The SMILES string of the molecule is COc1ccc(C[C@H](NC(=O)[C@H](C)NC(=O)CC2CNCCO2)C(=O)N[C@@H](CC2CCCC2)C(=O)[C@H]2CO2)cc1OC. The molecular formula is C30H44N4O8. The molecule has 2 saturated heterocycles. The van der Waals surface area contributed by atoms with Crippen molar-refractivity contribution in [3.8, 4) is 11.5 Å². The van der Waals surface area contributed by atoms with Crippen LogP contribution in [0.3, 0.4) is 0 Å². The van der Waals surface area contributed by atoms with Crippen LogP contribution < -0.4 is 30.7 Å². The fraction of sp³-hybridized carbons (Fsp3) is 0.667. The molecule has 4 rings (SSSR count). The molecule has 2 aliphatic heterocycles. The first kappa shape index (κ1) is 31.7. The molecule has 3 amide bonds. The van der Waals surface area contributed by atoms with Crippen LogP contribution in [-0.2, 0) is 35.1 Å². The second kappa shape index (κ2) is 15.3. The highest BCUT2D eigenvalue weighted by Gasteiger charge is 2.39. The van der Waals surface area contributed by atoms with Gasteiger partial charge in [-0.25, -0.2) is 0 Å². The van der Waals surface area contributed by atoms with Gasteiger partial charge in [0.25, 0.3) is 0 Å². The minimum Gasteiger partial charge on any atom is -0.493 e. The molecule has 42 heavy (non-hydrogen) atoms. The van der Waals surface area contributed by atoms with E-state index in [1.807, 2.05) is 0 Å². The van der Waals surface area contributed by atoms with Gasteiger partial charge in [0.2, 0.25) is 17.7 Å². The molecule has 4 N–H and O–H groups in total. The van der Waals surface area contributed by atoms with Gasteiger partial charge in [0.15, 0.2) is 17.3 Å². The number of Topliss-reactive ketones (excluding diaryl/α,β-unsaturated/α-hetero) is 1. The van der Waals surface area contributed by atoms with Crippen molar-refractivity contribution >= 4 is 23.5 Å². The van der Waals surface area contributed by atoms with E-state index in [0.717, 1.165) is 37.8 Å². The van der Waals surface area contributed by atoms with Gasteiger partial charge >= 0.3 is 0 Å². The Morgan fingerprint density at radius 3 is 2.33 bits per heavy atom. The fourth-order valence-corrected chi connectivity index (χ4v) is 5.61. The molecule has 0 radical (unpaired) electrons. The lowest BCUT2D eigenvalue weighted by molar-refractivity contribution is -0.134. The van der Waals surface area contributed by atoms with Crippen molar-refractivity contribution in [2.45, 2.75) is 82.2 Å². The van der Waals surface area contributed by atoms with Crippen LogP contribution in [0.15, 0.2) is 18.2 Å². The number of hydrogen-bond acceptors (Lipinski definition) is 9. The van der Waals surface area contributed by atoms with Gasteiger partial charge in [0.05, 0.1) is 46.0 Å². The molecule has 2 heterocycles. The summed E-state index contributed by atoms with van der Waals surface area (Å²) in [5, 5.41) is 11.6. The Bertz CT molecular complexity index is 1100. The van der Waals surface area contributed by atoms with E-state index in [0.29, 0.717) is 43.6 Å². The molecule has 1 aliphatic carbocycles. The summed E-state index contributed by atoms with van der Waals surface area (Å²) < 4.78 is 21.6. The van der Waals surface area contributed by atoms with Crippen molar-refractivity contribution in [1.82, 2.24) is 21.3 Å². The van der Waals surface area contributed by atoms with Crippen LogP contribution in [0.4, 0.5) is 0 Å². The molecule has 232 valence electrons. The number of methoxy groups -OCH3 is 2. The van der Waals surface area contributed by atoms with Gasteiger partial charge < -0.3 is 40.2 Å². The molecule has 1 aromatic carbocycles. The molecule has 12 nitrogen and oxygen atoms in total. The van der Waals surface area contributed by atoms with E-state index in [2.05, 4.69) is 21.3 Å². The zero-order chi connectivity index (χ0) is 30.1. The molecule has 1 saturated carbocycles. The van der Waals surface area contributed by atoms with Crippen LogP contribution in [0.5, 0.6) is 11.5 Å². The van der Waals surface area contributed by atoms with Crippen molar-refractivity contribution < 1.29 is 38.1 Å². The Hall–Kier alpha value is -3.22. The number of ether oxygens (including phenoxy) is 4. The maximum absolute atomic E-state index is 13.7. The van der Waals surface area contributed by atoms with E-state index in [4.69, 9.17) is 18.9 Å². The smallest absolute Gasteiger partial charge is 0.243 e. The first-order valence-electron chi connectivity index (χ1n) is 14.9. The molecule has 0 bridgehead atoms. The lowest BCUT2D eigenvalue weighted by Crippen LogP contribution is -2.56. The average molecular weight is 589 g/mol. The average Bonchev–Trinajstić information content (AvgIpc) is 3.71. The van der Waals surface area contributed by atoms with Gasteiger partial charge in [-0.15, -0.1) is 0 Å². The van der Waals surface area contributed by atoms with E-state index < -0.39 is 36.0 Å². The highest BCUT2D eigenvalue weighted by molar-refractivity contribution is 5.96. The highest BCUT2D eigenvalue weighted by atomic mass is 16.6. The van der Waals surface area contributed by atoms with E-state index in [-0.39, 0.29) is 30.6 Å². The third-order valence-electron chi connectivity index (χ3n) is 8.06. The number of benzene rings is 1. The molecule has 5 atom stereocenters. The largest absolute Gasteiger partial charge is 0.493 e.